The van der Waals surface area contributed by atoms with Gasteiger partial charge in [-0.15, -0.1) is 0 Å². The molecule has 2 rings (SSSR count). The molecule has 0 atom stereocenters. The lowest BCUT2D eigenvalue weighted by Crippen LogP contribution is -2.20. The van der Waals surface area contributed by atoms with Crippen LogP contribution in [0.3, 0.4) is 0 Å². The maximum atomic E-state index is 11.9. The second-order valence-electron chi connectivity index (χ2n) is 5.24. The van der Waals surface area contributed by atoms with Gasteiger partial charge in [-0.05, 0) is 36.4 Å². The molecule has 0 aliphatic rings. The molecule has 136 valence electrons. The fourth-order valence-electron chi connectivity index (χ4n) is 2.05. The number of hydrogen-bond donors (Lipinski definition) is 2. The zero-order valence-electron chi connectivity index (χ0n) is 14.0. The van der Waals surface area contributed by atoms with Crippen LogP contribution >= 0.6 is 27.5 Å². The van der Waals surface area contributed by atoms with E-state index >= 15 is 0 Å². The molecule has 0 aliphatic heterocycles. The SMILES string of the molecule is COc1ccc(Br)cc1C=NNC(=O)CCC(=O)Nc1cccc(Cl)c1. The summed E-state index contributed by atoms with van der Waals surface area (Å²) in [6.45, 7) is 0. The Labute approximate surface area is 164 Å². The number of benzene rings is 2. The summed E-state index contributed by atoms with van der Waals surface area (Å²) >= 11 is 9.21. The molecule has 2 N–H and O–H groups in total. The average Bonchev–Trinajstić information content (AvgIpc) is 2.60. The van der Waals surface area contributed by atoms with Crippen LogP contribution < -0.4 is 15.5 Å². The van der Waals surface area contributed by atoms with Crippen molar-refractivity contribution in [1.29, 1.82) is 0 Å². The summed E-state index contributed by atoms with van der Waals surface area (Å²) in [5.74, 6) is -0.0105. The highest BCUT2D eigenvalue weighted by molar-refractivity contribution is 9.10. The molecule has 6 nitrogen and oxygen atoms in total. The third kappa shape index (κ3) is 6.50. The van der Waals surface area contributed by atoms with Crippen LogP contribution in [0.5, 0.6) is 5.75 Å². The number of amides is 2. The smallest absolute Gasteiger partial charge is 0.240 e. The summed E-state index contributed by atoms with van der Waals surface area (Å²) in [6, 6.07) is 12.2. The van der Waals surface area contributed by atoms with E-state index < -0.39 is 0 Å². The van der Waals surface area contributed by atoms with Crippen molar-refractivity contribution in [2.45, 2.75) is 12.8 Å². The predicted octanol–water partition coefficient (Wildman–Crippen LogP) is 3.98. The lowest BCUT2D eigenvalue weighted by molar-refractivity contribution is -0.124. The molecule has 0 aliphatic carbocycles. The normalized spacial score (nSPS) is 10.6. The Bertz CT molecular complexity index is 827. The predicted molar refractivity (Wildman–Crippen MR) is 106 cm³/mol. The van der Waals surface area contributed by atoms with Gasteiger partial charge in [0.05, 0.1) is 13.3 Å². The number of nitrogens with one attached hydrogen (secondary N) is 2. The maximum Gasteiger partial charge on any atom is 0.240 e. The van der Waals surface area contributed by atoms with Crippen LogP contribution in [0.25, 0.3) is 0 Å². The third-order valence-electron chi connectivity index (χ3n) is 3.27. The minimum absolute atomic E-state index is 0.0133. The zero-order chi connectivity index (χ0) is 18.9. The standard InChI is InChI=1S/C18H17BrClN3O3/c1-26-16-6-5-13(19)9-12(16)11-21-23-18(25)8-7-17(24)22-15-4-2-3-14(20)10-15/h2-6,9-11H,7-8H2,1H3,(H,22,24)(H,23,25). The number of ether oxygens (including phenoxy) is 1. The van der Waals surface area contributed by atoms with Crippen molar-refractivity contribution < 1.29 is 14.3 Å². The summed E-state index contributed by atoms with van der Waals surface area (Å²) in [4.78, 5) is 23.6. The molecule has 2 aromatic carbocycles. The van der Waals surface area contributed by atoms with Gasteiger partial charge >= 0.3 is 0 Å². The van der Waals surface area contributed by atoms with Gasteiger partial charge in [0.2, 0.25) is 11.8 Å². The first kappa shape index (κ1) is 19.9. The maximum absolute atomic E-state index is 11.9. The Kier molecular flexibility index (Phi) is 7.62. The summed E-state index contributed by atoms with van der Waals surface area (Å²) in [5, 5.41) is 7.09. The Morgan fingerprint density at radius 2 is 1.96 bits per heavy atom. The fraction of sp³-hybridized carbons (Fsp3) is 0.167. The van der Waals surface area contributed by atoms with E-state index in [0.717, 1.165) is 4.47 Å². The van der Waals surface area contributed by atoms with E-state index in [1.165, 1.54) is 6.21 Å². The molecule has 0 unspecified atom stereocenters. The number of rotatable bonds is 7. The van der Waals surface area contributed by atoms with Crippen LogP contribution in [0.15, 0.2) is 52.0 Å². The van der Waals surface area contributed by atoms with Crippen LogP contribution in [-0.4, -0.2) is 25.1 Å². The molecule has 0 heterocycles. The molecule has 8 heteroatoms. The fourth-order valence-corrected chi connectivity index (χ4v) is 2.62. The summed E-state index contributed by atoms with van der Waals surface area (Å²) in [5.41, 5.74) is 3.68. The van der Waals surface area contributed by atoms with Crippen molar-refractivity contribution in [1.82, 2.24) is 5.43 Å². The second kappa shape index (κ2) is 9.94. The molecule has 2 aromatic rings. The molecule has 0 saturated heterocycles. The topological polar surface area (TPSA) is 79.8 Å². The van der Waals surface area contributed by atoms with Gasteiger partial charge in [-0.1, -0.05) is 33.6 Å². The molecule has 0 spiro atoms. The molecule has 2 amide bonds. The molecule has 0 fully saturated rings. The molecular weight excluding hydrogens is 422 g/mol. The van der Waals surface area contributed by atoms with E-state index in [4.69, 9.17) is 16.3 Å². The summed E-state index contributed by atoms with van der Waals surface area (Å²) in [6.07, 6.45) is 1.53. The van der Waals surface area contributed by atoms with Gasteiger partial charge in [-0.2, -0.15) is 5.10 Å². The van der Waals surface area contributed by atoms with Gasteiger partial charge in [-0.3, -0.25) is 9.59 Å². The van der Waals surface area contributed by atoms with Crippen LogP contribution in [-0.2, 0) is 9.59 Å². The van der Waals surface area contributed by atoms with Crippen molar-refractivity contribution in [2.24, 2.45) is 5.10 Å². The minimum Gasteiger partial charge on any atom is -0.496 e. The lowest BCUT2D eigenvalue weighted by Gasteiger charge is -2.06. The monoisotopic (exact) mass is 437 g/mol. The van der Waals surface area contributed by atoms with E-state index in [1.54, 1.807) is 37.4 Å². The van der Waals surface area contributed by atoms with E-state index in [1.807, 2.05) is 12.1 Å². The highest BCUT2D eigenvalue weighted by Gasteiger charge is 2.07. The number of carbonyl (C=O) groups is 2. The van der Waals surface area contributed by atoms with E-state index in [9.17, 15) is 9.59 Å². The molecule has 0 aromatic heterocycles. The number of methoxy groups -OCH3 is 1. The minimum atomic E-state index is -0.364. The van der Waals surface area contributed by atoms with E-state index in [0.29, 0.717) is 22.0 Å². The number of halogens is 2. The largest absolute Gasteiger partial charge is 0.496 e. The van der Waals surface area contributed by atoms with Crippen LogP contribution in [0.1, 0.15) is 18.4 Å². The van der Waals surface area contributed by atoms with Gasteiger partial charge in [0.15, 0.2) is 0 Å². The zero-order valence-corrected chi connectivity index (χ0v) is 16.3. The highest BCUT2D eigenvalue weighted by Crippen LogP contribution is 2.21. The molecule has 0 bridgehead atoms. The molecule has 26 heavy (non-hydrogen) atoms. The van der Waals surface area contributed by atoms with Gasteiger partial charge in [0.1, 0.15) is 5.75 Å². The van der Waals surface area contributed by atoms with Crippen LogP contribution in [0, 0.1) is 0 Å². The van der Waals surface area contributed by atoms with Gasteiger partial charge < -0.3 is 10.1 Å². The Morgan fingerprint density at radius 3 is 2.69 bits per heavy atom. The van der Waals surface area contributed by atoms with E-state index in [2.05, 4.69) is 31.8 Å². The van der Waals surface area contributed by atoms with Crippen molar-refractivity contribution in [3.05, 3.63) is 57.5 Å². The van der Waals surface area contributed by atoms with Crippen LogP contribution in [0.4, 0.5) is 5.69 Å². The highest BCUT2D eigenvalue weighted by atomic mass is 79.9. The Balaban J connectivity index is 1.80. The molecular formula is C18H17BrClN3O3. The Hall–Kier alpha value is -2.38. The molecule has 0 radical (unpaired) electrons. The second-order valence-corrected chi connectivity index (χ2v) is 6.59. The Morgan fingerprint density at radius 1 is 1.19 bits per heavy atom. The summed E-state index contributed by atoms with van der Waals surface area (Å²) in [7, 11) is 1.55. The number of hydrazone groups is 1. The number of anilines is 1. The van der Waals surface area contributed by atoms with Crippen molar-refractivity contribution in [3.63, 3.8) is 0 Å². The molecule has 0 saturated carbocycles. The first-order valence-corrected chi connectivity index (χ1v) is 8.86. The third-order valence-corrected chi connectivity index (χ3v) is 4.00. The first-order valence-electron chi connectivity index (χ1n) is 7.69. The lowest BCUT2D eigenvalue weighted by atomic mass is 10.2. The average molecular weight is 439 g/mol. The van der Waals surface area contributed by atoms with Gasteiger partial charge in [0, 0.05) is 33.6 Å². The number of carbonyl (C=O) groups excluding carboxylic acids is 2. The number of nitrogens with zero attached hydrogens (tertiary/aromatic N) is 1. The van der Waals surface area contributed by atoms with Crippen molar-refractivity contribution >= 4 is 51.2 Å². The van der Waals surface area contributed by atoms with Crippen molar-refractivity contribution in [2.75, 3.05) is 12.4 Å². The number of hydrogen-bond acceptors (Lipinski definition) is 4. The van der Waals surface area contributed by atoms with Gasteiger partial charge in [0.25, 0.3) is 0 Å². The van der Waals surface area contributed by atoms with Crippen molar-refractivity contribution in [3.8, 4) is 5.75 Å². The first-order chi connectivity index (χ1) is 12.5. The van der Waals surface area contributed by atoms with Gasteiger partial charge in [-0.25, -0.2) is 5.43 Å². The summed E-state index contributed by atoms with van der Waals surface area (Å²) < 4.78 is 6.08. The van der Waals surface area contributed by atoms with Crippen LogP contribution in [0.2, 0.25) is 5.02 Å². The quantitative estimate of drug-likeness (QED) is 0.507. The van der Waals surface area contributed by atoms with E-state index in [-0.39, 0.29) is 24.7 Å².